The van der Waals surface area contributed by atoms with E-state index in [2.05, 4.69) is 5.32 Å². The lowest BCUT2D eigenvalue weighted by Gasteiger charge is -2.21. The maximum atomic E-state index is 11.9. The number of hydrogen-bond acceptors (Lipinski definition) is 6. The van der Waals surface area contributed by atoms with E-state index in [0.717, 1.165) is 19.3 Å². The SMILES string of the molecule is O=C(/C=C/c1cc2c(cc1[N+](=O)[O-])OCO2)NCCCOC1CCCCC1. The molecule has 0 aromatic heterocycles. The lowest BCUT2D eigenvalue weighted by Crippen LogP contribution is -2.24. The number of hydrogen-bond donors (Lipinski definition) is 1. The topological polar surface area (TPSA) is 99.9 Å². The minimum absolute atomic E-state index is 0.0308. The molecule has 0 radical (unpaired) electrons. The molecule has 2 aliphatic rings. The summed E-state index contributed by atoms with van der Waals surface area (Å²) in [4.78, 5) is 22.6. The fraction of sp³-hybridized carbons (Fsp3) is 0.526. The first-order valence-corrected chi connectivity index (χ1v) is 9.29. The number of nitrogens with one attached hydrogen (secondary N) is 1. The number of nitro benzene ring substituents is 1. The van der Waals surface area contributed by atoms with Crippen molar-refractivity contribution in [2.24, 2.45) is 0 Å². The number of fused-ring (bicyclic) bond motifs is 1. The van der Waals surface area contributed by atoms with Crippen molar-refractivity contribution in [3.05, 3.63) is 33.9 Å². The van der Waals surface area contributed by atoms with Crippen LogP contribution in [0.1, 0.15) is 44.1 Å². The molecule has 1 amide bonds. The summed E-state index contributed by atoms with van der Waals surface area (Å²) in [6.45, 7) is 1.16. The van der Waals surface area contributed by atoms with Crippen LogP contribution in [0.2, 0.25) is 0 Å². The first-order valence-electron chi connectivity index (χ1n) is 9.29. The number of carbonyl (C=O) groups is 1. The number of ether oxygens (including phenoxy) is 3. The second-order valence-electron chi connectivity index (χ2n) is 6.63. The Morgan fingerprint density at radius 2 is 2.00 bits per heavy atom. The molecule has 1 fully saturated rings. The Labute approximate surface area is 157 Å². The van der Waals surface area contributed by atoms with E-state index < -0.39 is 4.92 Å². The van der Waals surface area contributed by atoms with Crippen LogP contribution in [0, 0.1) is 10.1 Å². The number of nitrogens with zero attached hydrogens (tertiary/aromatic N) is 1. The highest BCUT2D eigenvalue weighted by molar-refractivity contribution is 5.92. The summed E-state index contributed by atoms with van der Waals surface area (Å²) in [6, 6.07) is 2.81. The summed E-state index contributed by atoms with van der Waals surface area (Å²) in [5, 5.41) is 14.0. The van der Waals surface area contributed by atoms with Gasteiger partial charge in [0.2, 0.25) is 12.7 Å². The Bertz CT molecular complexity index is 712. The summed E-state index contributed by atoms with van der Waals surface area (Å²) in [5.41, 5.74) is 0.157. The van der Waals surface area contributed by atoms with Gasteiger partial charge in [0.15, 0.2) is 11.5 Å². The molecule has 8 nitrogen and oxygen atoms in total. The monoisotopic (exact) mass is 376 g/mol. The van der Waals surface area contributed by atoms with Crippen LogP contribution in [0.5, 0.6) is 11.5 Å². The van der Waals surface area contributed by atoms with Gasteiger partial charge in [-0.15, -0.1) is 0 Å². The number of rotatable bonds is 8. The van der Waals surface area contributed by atoms with Gasteiger partial charge in [-0.25, -0.2) is 0 Å². The normalized spacial score (nSPS) is 16.6. The third-order valence-corrected chi connectivity index (χ3v) is 4.66. The van der Waals surface area contributed by atoms with E-state index in [4.69, 9.17) is 14.2 Å². The molecule has 1 aliphatic heterocycles. The van der Waals surface area contributed by atoms with Crippen LogP contribution in [-0.4, -0.2) is 36.9 Å². The Morgan fingerprint density at radius 3 is 2.74 bits per heavy atom. The lowest BCUT2D eigenvalue weighted by atomic mass is 9.98. The molecular formula is C19H24N2O6. The highest BCUT2D eigenvalue weighted by atomic mass is 16.7. The van der Waals surface area contributed by atoms with Gasteiger partial charge in [-0.05, 0) is 31.4 Å². The molecule has 1 aliphatic carbocycles. The van der Waals surface area contributed by atoms with Crippen molar-refractivity contribution in [1.29, 1.82) is 0 Å². The van der Waals surface area contributed by atoms with E-state index in [-0.39, 0.29) is 18.4 Å². The lowest BCUT2D eigenvalue weighted by molar-refractivity contribution is -0.385. The van der Waals surface area contributed by atoms with Crippen LogP contribution >= 0.6 is 0 Å². The van der Waals surface area contributed by atoms with Crippen molar-refractivity contribution >= 4 is 17.7 Å². The van der Waals surface area contributed by atoms with E-state index in [1.165, 1.54) is 43.5 Å². The van der Waals surface area contributed by atoms with E-state index in [1.807, 2.05) is 0 Å². The maximum absolute atomic E-state index is 11.9. The molecule has 0 unspecified atom stereocenters. The predicted molar refractivity (Wildman–Crippen MR) is 98.7 cm³/mol. The Morgan fingerprint density at radius 1 is 1.26 bits per heavy atom. The molecule has 0 spiro atoms. The first-order chi connectivity index (χ1) is 13.1. The smallest absolute Gasteiger partial charge is 0.280 e. The number of benzene rings is 1. The quantitative estimate of drug-likeness (QED) is 0.324. The van der Waals surface area contributed by atoms with E-state index in [1.54, 1.807) is 0 Å². The van der Waals surface area contributed by atoms with E-state index >= 15 is 0 Å². The van der Waals surface area contributed by atoms with Gasteiger partial charge >= 0.3 is 0 Å². The van der Waals surface area contributed by atoms with Gasteiger partial charge in [0.1, 0.15) is 0 Å². The fourth-order valence-electron chi connectivity index (χ4n) is 3.23. The molecule has 146 valence electrons. The molecule has 0 saturated heterocycles. The van der Waals surface area contributed by atoms with Gasteiger partial charge in [0, 0.05) is 19.2 Å². The summed E-state index contributed by atoms with van der Waals surface area (Å²) in [5.74, 6) is 0.460. The molecule has 1 heterocycles. The highest BCUT2D eigenvalue weighted by Crippen LogP contribution is 2.38. The zero-order valence-electron chi connectivity index (χ0n) is 15.1. The second kappa shape index (κ2) is 9.36. The number of amides is 1. The second-order valence-corrected chi connectivity index (χ2v) is 6.63. The molecule has 1 N–H and O–H groups in total. The summed E-state index contributed by atoms with van der Waals surface area (Å²) >= 11 is 0. The van der Waals surface area contributed by atoms with Crippen LogP contribution in [0.25, 0.3) is 6.08 Å². The van der Waals surface area contributed by atoms with E-state index in [9.17, 15) is 14.9 Å². The largest absolute Gasteiger partial charge is 0.454 e. The summed E-state index contributed by atoms with van der Waals surface area (Å²) in [6.07, 6.45) is 9.81. The van der Waals surface area contributed by atoms with Gasteiger partial charge in [0.05, 0.1) is 22.7 Å². The zero-order valence-corrected chi connectivity index (χ0v) is 15.1. The van der Waals surface area contributed by atoms with E-state index in [0.29, 0.717) is 36.3 Å². The highest BCUT2D eigenvalue weighted by Gasteiger charge is 2.22. The van der Waals surface area contributed by atoms with Crippen LogP contribution in [-0.2, 0) is 9.53 Å². The third-order valence-electron chi connectivity index (χ3n) is 4.66. The summed E-state index contributed by atoms with van der Waals surface area (Å²) in [7, 11) is 0. The molecule has 8 heteroatoms. The summed E-state index contributed by atoms with van der Waals surface area (Å²) < 4.78 is 16.2. The molecule has 0 bridgehead atoms. The number of carbonyl (C=O) groups excluding carboxylic acids is 1. The molecule has 1 aromatic rings. The van der Waals surface area contributed by atoms with Crippen LogP contribution < -0.4 is 14.8 Å². The Kier molecular flexibility index (Phi) is 6.64. The van der Waals surface area contributed by atoms with Gasteiger partial charge < -0.3 is 19.5 Å². The maximum Gasteiger partial charge on any atom is 0.280 e. The van der Waals surface area contributed by atoms with Crippen LogP contribution in [0.4, 0.5) is 5.69 Å². The van der Waals surface area contributed by atoms with Gasteiger partial charge in [-0.2, -0.15) is 0 Å². The van der Waals surface area contributed by atoms with Crippen molar-refractivity contribution in [2.45, 2.75) is 44.6 Å². The molecular weight excluding hydrogens is 352 g/mol. The Hall–Kier alpha value is -2.61. The van der Waals surface area contributed by atoms with Crippen LogP contribution in [0.3, 0.4) is 0 Å². The molecule has 27 heavy (non-hydrogen) atoms. The molecule has 1 aromatic carbocycles. The Balaban J connectivity index is 1.45. The third kappa shape index (κ3) is 5.43. The predicted octanol–water partition coefficient (Wildman–Crippen LogP) is 3.19. The molecule has 1 saturated carbocycles. The van der Waals surface area contributed by atoms with Gasteiger partial charge in [0.25, 0.3) is 5.69 Å². The van der Waals surface area contributed by atoms with Crippen molar-refractivity contribution in [3.8, 4) is 11.5 Å². The van der Waals surface area contributed by atoms with Gasteiger partial charge in [-0.3, -0.25) is 14.9 Å². The number of nitro groups is 1. The molecule has 3 rings (SSSR count). The zero-order chi connectivity index (χ0) is 19.1. The average Bonchev–Trinajstić information content (AvgIpc) is 3.13. The average molecular weight is 376 g/mol. The van der Waals surface area contributed by atoms with Crippen molar-refractivity contribution in [1.82, 2.24) is 5.32 Å². The van der Waals surface area contributed by atoms with Crippen molar-refractivity contribution in [3.63, 3.8) is 0 Å². The van der Waals surface area contributed by atoms with Gasteiger partial charge in [-0.1, -0.05) is 19.3 Å². The first kappa shape index (κ1) is 19.2. The minimum Gasteiger partial charge on any atom is -0.454 e. The molecule has 0 atom stereocenters. The standard InChI is InChI=1S/C19H24N2O6/c22-19(20-9-4-10-25-15-5-2-1-3-6-15)8-7-14-11-17-18(27-13-26-17)12-16(14)21(23)24/h7-8,11-12,15H,1-6,9-10,13H2,(H,20,22)/b8-7+. The van der Waals surface area contributed by atoms with Crippen LogP contribution in [0.15, 0.2) is 18.2 Å². The van der Waals surface area contributed by atoms with Crippen molar-refractivity contribution in [2.75, 3.05) is 19.9 Å². The fourth-order valence-corrected chi connectivity index (χ4v) is 3.23. The minimum atomic E-state index is -0.512. The van der Waals surface area contributed by atoms with Crippen molar-refractivity contribution < 1.29 is 23.9 Å².